The molecule has 1 heterocycles. The van der Waals surface area contributed by atoms with Crippen LogP contribution in [-0.4, -0.2) is 12.1 Å². The number of hydrogen-bond donors (Lipinski definition) is 0. The van der Waals surface area contributed by atoms with E-state index in [2.05, 4.69) is 11.1 Å². The predicted octanol–water partition coefficient (Wildman–Crippen LogP) is 2.89. The summed E-state index contributed by atoms with van der Waals surface area (Å²) in [6, 6.07) is 10.4. The van der Waals surface area contributed by atoms with Gasteiger partial charge in [0.1, 0.15) is 11.9 Å². The second-order valence-electron chi connectivity index (χ2n) is 4.08. The first kappa shape index (κ1) is 13.0. The molecule has 3 nitrogen and oxygen atoms in total. The van der Waals surface area contributed by atoms with Crippen molar-refractivity contribution in [3.8, 4) is 11.8 Å². The Labute approximate surface area is 111 Å². The smallest absolute Gasteiger partial charge is 0.154 e. The van der Waals surface area contributed by atoms with Crippen LogP contribution in [0.5, 0.6) is 5.75 Å². The van der Waals surface area contributed by atoms with Crippen LogP contribution in [0.1, 0.15) is 16.8 Å². The van der Waals surface area contributed by atoms with Gasteiger partial charge in [0.25, 0.3) is 0 Å². The topological polar surface area (TPSA) is 45.9 Å². The van der Waals surface area contributed by atoms with E-state index >= 15 is 0 Å². The molecule has 0 aliphatic carbocycles. The quantitative estimate of drug-likeness (QED) is 0.845. The van der Waals surface area contributed by atoms with E-state index < -0.39 is 0 Å². The Bertz CT molecular complexity index is 620. The van der Waals surface area contributed by atoms with Crippen LogP contribution in [0.4, 0.5) is 4.39 Å². The van der Waals surface area contributed by atoms with Crippen LogP contribution >= 0.6 is 0 Å². The van der Waals surface area contributed by atoms with Crippen molar-refractivity contribution in [1.82, 2.24) is 4.98 Å². The Morgan fingerprint density at radius 2 is 2.11 bits per heavy atom. The van der Waals surface area contributed by atoms with Crippen LogP contribution < -0.4 is 4.74 Å². The summed E-state index contributed by atoms with van der Waals surface area (Å²) in [6.07, 6.45) is 2.66. The summed E-state index contributed by atoms with van der Waals surface area (Å²) >= 11 is 0. The number of halogens is 1. The van der Waals surface area contributed by atoms with E-state index in [1.807, 2.05) is 0 Å². The summed E-state index contributed by atoms with van der Waals surface area (Å²) in [7, 11) is 1.50. The maximum Gasteiger partial charge on any atom is 0.154 e. The molecule has 0 unspecified atom stereocenters. The number of nitriles is 1. The van der Waals surface area contributed by atoms with Gasteiger partial charge in [-0.25, -0.2) is 4.39 Å². The van der Waals surface area contributed by atoms with E-state index in [9.17, 15) is 4.39 Å². The van der Waals surface area contributed by atoms with E-state index in [0.717, 1.165) is 5.69 Å². The molecular weight excluding hydrogens is 243 g/mol. The number of pyridine rings is 1. The van der Waals surface area contributed by atoms with Gasteiger partial charge in [-0.2, -0.15) is 5.26 Å². The second kappa shape index (κ2) is 5.96. The number of aryl methyl sites for hydroxylation is 2. The lowest BCUT2D eigenvalue weighted by molar-refractivity contribution is 0.411. The lowest BCUT2D eigenvalue weighted by Gasteiger charge is -2.06. The zero-order valence-corrected chi connectivity index (χ0v) is 10.6. The number of ether oxygens (including phenoxy) is 1. The molecule has 0 fully saturated rings. The number of methoxy groups -OCH3 is 1. The fourth-order valence-corrected chi connectivity index (χ4v) is 1.84. The highest BCUT2D eigenvalue weighted by molar-refractivity contribution is 5.42. The summed E-state index contributed by atoms with van der Waals surface area (Å²) in [6.45, 7) is 0. The second-order valence-corrected chi connectivity index (χ2v) is 4.08. The predicted molar refractivity (Wildman–Crippen MR) is 69.3 cm³/mol. The van der Waals surface area contributed by atoms with Gasteiger partial charge in [0.2, 0.25) is 0 Å². The SMILES string of the molecule is COc1cnc(CCc2ccccc2F)cc1C#N. The Balaban J connectivity index is 2.13. The monoisotopic (exact) mass is 256 g/mol. The fourth-order valence-electron chi connectivity index (χ4n) is 1.84. The maximum atomic E-state index is 13.5. The molecule has 1 aromatic carbocycles. The van der Waals surface area contributed by atoms with Gasteiger partial charge in [-0.3, -0.25) is 4.98 Å². The molecule has 0 N–H and O–H groups in total. The molecule has 19 heavy (non-hydrogen) atoms. The van der Waals surface area contributed by atoms with Gasteiger partial charge < -0.3 is 4.74 Å². The number of aromatic nitrogens is 1. The zero-order chi connectivity index (χ0) is 13.7. The summed E-state index contributed by atoms with van der Waals surface area (Å²) < 4.78 is 18.5. The Hall–Kier alpha value is -2.41. The molecule has 0 radical (unpaired) electrons. The summed E-state index contributed by atoms with van der Waals surface area (Å²) in [5, 5.41) is 8.99. The van der Waals surface area contributed by atoms with Crippen LogP contribution in [0, 0.1) is 17.1 Å². The van der Waals surface area contributed by atoms with Crippen molar-refractivity contribution in [1.29, 1.82) is 5.26 Å². The molecule has 2 aromatic rings. The van der Waals surface area contributed by atoms with Gasteiger partial charge in [0.15, 0.2) is 5.75 Å². The molecule has 0 atom stereocenters. The molecule has 4 heteroatoms. The van der Waals surface area contributed by atoms with Gasteiger partial charge in [0.05, 0.1) is 18.9 Å². The molecule has 0 saturated carbocycles. The molecule has 0 amide bonds. The average molecular weight is 256 g/mol. The van der Waals surface area contributed by atoms with E-state index in [4.69, 9.17) is 10.00 Å². The normalized spacial score (nSPS) is 9.95. The van der Waals surface area contributed by atoms with Gasteiger partial charge in [-0.05, 0) is 30.5 Å². The molecule has 0 aliphatic rings. The highest BCUT2D eigenvalue weighted by Crippen LogP contribution is 2.18. The van der Waals surface area contributed by atoms with Crippen molar-refractivity contribution in [2.45, 2.75) is 12.8 Å². The van der Waals surface area contributed by atoms with Crippen molar-refractivity contribution in [2.75, 3.05) is 7.11 Å². The van der Waals surface area contributed by atoms with Gasteiger partial charge in [-0.15, -0.1) is 0 Å². The number of benzene rings is 1. The summed E-state index contributed by atoms with van der Waals surface area (Å²) in [5.41, 5.74) is 1.85. The minimum atomic E-state index is -0.212. The molecule has 96 valence electrons. The molecular formula is C15H13FN2O. The van der Waals surface area contributed by atoms with Crippen molar-refractivity contribution in [3.63, 3.8) is 0 Å². The van der Waals surface area contributed by atoms with Crippen LogP contribution in [0.2, 0.25) is 0 Å². The van der Waals surface area contributed by atoms with E-state index in [-0.39, 0.29) is 5.82 Å². The van der Waals surface area contributed by atoms with Crippen LogP contribution in [0.15, 0.2) is 36.5 Å². The standard InChI is InChI=1S/C15H13FN2O/c1-19-15-10-18-13(8-12(15)9-17)7-6-11-4-2-3-5-14(11)16/h2-5,8,10H,6-7H2,1H3. The molecule has 0 spiro atoms. The summed E-state index contributed by atoms with van der Waals surface area (Å²) in [5.74, 6) is 0.244. The van der Waals surface area contributed by atoms with Crippen LogP contribution in [0.25, 0.3) is 0 Å². The van der Waals surface area contributed by atoms with Crippen LogP contribution in [-0.2, 0) is 12.8 Å². The summed E-state index contributed by atoms with van der Waals surface area (Å²) in [4.78, 5) is 4.20. The maximum absolute atomic E-state index is 13.5. The van der Waals surface area contributed by atoms with Crippen molar-refractivity contribution >= 4 is 0 Å². The third-order valence-electron chi connectivity index (χ3n) is 2.87. The molecule has 1 aromatic heterocycles. The fraction of sp³-hybridized carbons (Fsp3) is 0.200. The zero-order valence-electron chi connectivity index (χ0n) is 10.6. The first-order chi connectivity index (χ1) is 9.24. The highest BCUT2D eigenvalue weighted by Gasteiger charge is 2.06. The van der Waals surface area contributed by atoms with Gasteiger partial charge >= 0.3 is 0 Å². The molecule has 0 saturated heterocycles. The molecule has 2 rings (SSSR count). The van der Waals surface area contributed by atoms with E-state index in [1.165, 1.54) is 19.4 Å². The first-order valence-corrected chi connectivity index (χ1v) is 5.91. The lowest BCUT2D eigenvalue weighted by Crippen LogP contribution is -1.99. The van der Waals surface area contributed by atoms with E-state index in [1.54, 1.807) is 24.3 Å². The lowest BCUT2D eigenvalue weighted by atomic mass is 10.1. The minimum Gasteiger partial charge on any atom is -0.494 e. The molecule has 0 aliphatic heterocycles. The average Bonchev–Trinajstić information content (AvgIpc) is 2.46. The van der Waals surface area contributed by atoms with Crippen molar-refractivity contribution in [3.05, 3.63) is 59.2 Å². The Morgan fingerprint density at radius 3 is 2.79 bits per heavy atom. The third-order valence-corrected chi connectivity index (χ3v) is 2.87. The largest absolute Gasteiger partial charge is 0.494 e. The Morgan fingerprint density at radius 1 is 1.32 bits per heavy atom. The van der Waals surface area contributed by atoms with E-state index in [0.29, 0.717) is 29.7 Å². The number of rotatable bonds is 4. The minimum absolute atomic E-state index is 0.212. The van der Waals surface area contributed by atoms with Crippen LogP contribution in [0.3, 0.4) is 0 Å². The number of hydrogen-bond acceptors (Lipinski definition) is 3. The first-order valence-electron chi connectivity index (χ1n) is 5.91. The molecule has 0 bridgehead atoms. The van der Waals surface area contributed by atoms with Crippen molar-refractivity contribution < 1.29 is 9.13 Å². The number of nitrogens with zero attached hydrogens (tertiary/aromatic N) is 2. The van der Waals surface area contributed by atoms with Crippen molar-refractivity contribution in [2.24, 2.45) is 0 Å². The van der Waals surface area contributed by atoms with Gasteiger partial charge in [-0.1, -0.05) is 18.2 Å². The highest BCUT2D eigenvalue weighted by atomic mass is 19.1. The Kier molecular flexibility index (Phi) is 4.09. The third kappa shape index (κ3) is 3.08. The van der Waals surface area contributed by atoms with Gasteiger partial charge in [0, 0.05) is 5.69 Å².